The van der Waals surface area contributed by atoms with Gasteiger partial charge in [0.25, 0.3) is 0 Å². The van der Waals surface area contributed by atoms with Crippen molar-refractivity contribution in [3.8, 4) is 0 Å². The molecule has 20 heavy (non-hydrogen) atoms. The quantitative estimate of drug-likeness (QED) is 0.427. The summed E-state index contributed by atoms with van der Waals surface area (Å²) < 4.78 is 0. The number of urea groups is 1. The molecule has 0 aromatic carbocycles. The maximum Gasteiger partial charge on any atom is 0.322 e. The number of likely N-dealkylation sites (tertiary alicyclic amines) is 1. The molecule has 0 aromatic rings. The Morgan fingerprint density at radius 2 is 1.70 bits per heavy atom. The van der Waals surface area contributed by atoms with E-state index in [0.29, 0.717) is 6.54 Å². The van der Waals surface area contributed by atoms with Gasteiger partial charge in [-0.1, -0.05) is 0 Å². The summed E-state index contributed by atoms with van der Waals surface area (Å²) >= 11 is 0. The van der Waals surface area contributed by atoms with Crippen molar-refractivity contribution in [2.45, 2.75) is 19.3 Å². The van der Waals surface area contributed by atoms with Gasteiger partial charge in [-0.05, 0) is 38.9 Å². The van der Waals surface area contributed by atoms with E-state index in [4.69, 9.17) is 5.11 Å². The van der Waals surface area contributed by atoms with Gasteiger partial charge in [-0.15, -0.1) is 0 Å². The van der Waals surface area contributed by atoms with E-state index in [9.17, 15) is 14.4 Å². The minimum absolute atomic E-state index is 0.231. The predicted octanol–water partition coefficient (Wildman–Crippen LogP) is -1.03. The minimum Gasteiger partial charge on any atom is -0.480 e. The highest BCUT2D eigenvalue weighted by atomic mass is 16.4. The molecular weight excluding hydrogens is 264 g/mol. The Balaban J connectivity index is 1.96. The lowest BCUT2D eigenvalue weighted by Gasteiger charge is -2.14. The summed E-state index contributed by atoms with van der Waals surface area (Å²) in [6, 6.07) is -0.420. The molecule has 1 rings (SSSR count). The number of hydrogen-bond donors (Lipinski definition) is 4. The molecule has 1 saturated heterocycles. The van der Waals surface area contributed by atoms with Crippen molar-refractivity contribution in [3.63, 3.8) is 0 Å². The Morgan fingerprint density at radius 3 is 2.35 bits per heavy atom. The molecule has 8 nitrogen and oxygen atoms in total. The highest BCUT2D eigenvalue weighted by Gasteiger charge is 2.10. The topological polar surface area (TPSA) is 111 Å². The van der Waals surface area contributed by atoms with Crippen LogP contribution in [0.25, 0.3) is 0 Å². The zero-order valence-electron chi connectivity index (χ0n) is 11.5. The number of amides is 3. The number of carboxylic acids is 1. The zero-order chi connectivity index (χ0) is 14.8. The number of nitrogens with zero attached hydrogens (tertiary/aromatic N) is 1. The van der Waals surface area contributed by atoms with Crippen LogP contribution in [-0.2, 0) is 9.59 Å². The number of carboxylic acid groups (broad SMARTS) is 1. The third-order valence-electron chi connectivity index (χ3n) is 2.98. The summed E-state index contributed by atoms with van der Waals surface area (Å²) in [6.07, 6.45) is 3.37. The monoisotopic (exact) mass is 286 g/mol. The summed E-state index contributed by atoms with van der Waals surface area (Å²) in [4.78, 5) is 35.0. The van der Waals surface area contributed by atoms with Gasteiger partial charge in [0, 0.05) is 6.54 Å². The van der Waals surface area contributed by atoms with Crippen molar-refractivity contribution in [1.82, 2.24) is 20.9 Å². The highest BCUT2D eigenvalue weighted by molar-refractivity contribution is 5.86. The van der Waals surface area contributed by atoms with E-state index in [2.05, 4.69) is 20.9 Å². The number of aliphatic carboxylic acids is 1. The van der Waals surface area contributed by atoms with Crippen LogP contribution in [0.4, 0.5) is 4.79 Å². The van der Waals surface area contributed by atoms with Crippen molar-refractivity contribution in [2.24, 2.45) is 0 Å². The van der Waals surface area contributed by atoms with Crippen LogP contribution in [0.3, 0.4) is 0 Å². The lowest BCUT2D eigenvalue weighted by Crippen LogP contribution is -2.43. The number of rotatable bonds is 8. The molecule has 0 bridgehead atoms. The largest absolute Gasteiger partial charge is 0.480 e. The van der Waals surface area contributed by atoms with Crippen LogP contribution in [0.15, 0.2) is 0 Å². The second-order valence-electron chi connectivity index (χ2n) is 4.68. The van der Waals surface area contributed by atoms with Gasteiger partial charge >= 0.3 is 12.0 Å². The van der Waals surface area contributed by atoms with E-state index in [1.807, 2.05) is 0 Å². The third kappa shape index (κ3) is 7.57. The Morgan fingerprint density at radius 1 is 1.00 bits per heavy atom. The molecule has 1 fully saturated rings. The van der Waals surface area contributed by atoms with Crippen molar-refractivity contribution in [3.05, 3.63) is 0 Å². The molecule has 0 atom stereocenters. The van der Waals surface area contributed by atoms with Gasteiger partial charge in [-0.25, -0.2) is 4.79 Å². The van der Waals surface area contributed by atoms with Crippen molar-refractivity contribution in [2.75, 3.05) is 39.3 Å². The summed E-state index contributed by atoms with van der Waals surface area (Å²) in [5, 5.41) is 15.5. The average molecular weight is 286 g/mol. The van der Waals surface area contributed by atoms with Gasteiger partial charge in [0.05, 0.1) is 6.54 Å². The van der Waals surface area contributed by atoms with E-state index in [1.54, 1.807) is 0 Å². The maximum absolute atomic E-state index is 11.3. The molecule has 0 saturated carbocycles. The first-order valence-corrected chi connectivity index (χ1v) is 6.80. The van der Waals surface area contributed by atoms with Gasteiger partial charge in [0.1, 0.15) is 6.54 Å². The number of nitrogens with one attached hydrogen (secondary N) is 3. The molecule has 114 valence electrons. The fourth-order valence-electron chi connectivity index (χ4n) is 1.97. The smallest absolute Gasteiger partial charge is 0.322 e. The first-order valence-electron chi connectivity index (χ1n) is 6.80. The molecule has 0 radical (unpaired) electrons. The Hall–Kier alpha value is -1.83. The van der Waals surface area contributed by atoms with Crippen molar-refractivity contribution >= 4 is 17.9 Å². The second kappa shape index (κ2) is 9.13. The summed E-state index contributed by atoms with van der Waals surface area (Å²) in [6.45, 7) is 3.12. The molecule has 1 aliphatic heterocycles. The lowest BCUT2D eigenvalue weighted by atomic mass is 10.4. The van der Waals surface area contributed by atoms with E-state index in [0.717, 1.165) is 26.1 Å². The van der Waals surface area contributed by atoms with Crippen molar-refractivity contribution < 1.29 is 19.5 Å². The van der Waals surface area contributed by atoms with Gasteiger partial charge in [-0.3, -0.25) is 9.59 Å². The summed E-state index contributed by atoms with van der Waals surface area (Å²) in [7, 11) is 0. The average Bonchev–Trinajstić information content (AvgIpc) is 2.92. The van der Waals surface area contributed by atoms with Crippen LogP contribution >= 0.6 is 0 Å². The Labute approximate surface area is 117 Å². The molecule has 1 heterocycles. The van der Waals surface area contributed by atoms with Crippen LogP contribution in [0.1, 0.15) is 19.3 Å². The molecule has 0 spiro atoms. The van der Waals surface area contributed by atoms with Crippen LogP contribution in [-0.4, -0.2) is 67.2 Å². The number of hydrogen-bond acceptors (Lipinski definition) is 4. The van der Waals surface area contributed by atoms with Gasteiger partial charge in [-0.2, -0.15) is 0 Å². The van der Waals surface area contributed by atoms with Crippen molar-refractivity contribution in [1.29, 1.82) is 0 Å². The van der Waals surface area contributed by atoms with Gasteiger partial charge in [0.2, 0.25) is 5.91 Å². The van der Waals surface area contributed by atoms with E-state index >= 15 is 0 Å². The van der Waals surface area contributed by atoms with Crippen LogP contribution in [0.2, 0.25) is 0 Å². The summed E-state index contributed by atoms with van der Waals surface area (Å²) in [5.74, 6) is -1.65. The fraction of sp³-hybridized carbons (Fsp3) is 0.750. The molecule has 0 unspecified atom stereocenters. The van der Waals surface area contributed by atoms with Gasteiger partial charge in [0.15, 0.2) is 0 Å². The fourth-order valence-corrected chi connectivity index (χ4v) is 1.97. The molecule has 3 amide bonds. The van der Waals surface area contributed by atoms with E-state index in [1.165, 1.54) is 12.8 Å². The maximum atomic E-state index is 11.3. The SMILES string of the molecule is O=C(O)CNC(=O)CNC(=O)NCCCN1CCCC1. The first-order chi connectivity index (χ1) is 9.58. The number of carbonyl (C=O) groups excluding carboxylic acids is 2. The van der Waals surface area contributed by atoms with E-state index < -0.39 is 24.5 Å². The Bertz CT molecular complexity index is 342. The minimum atomic E-state index is -1.12. The van der Waals surface area contributed by atoms with Crippen LogP contribution in [0, 0.1) is 0 Å². The van der Waals surface area contributed by atoms with Crippen LogP contribution in [0.5, 0.6) is 0 Å². The lowest BCUT2D eigenvalue weighted by molar-refractivity contribution is -0.137. The Kier molecular flexibility index (Phi) is 7.41. The standard InChI is InChI=1S/C12H22N4O4/c17-10(14-9-11(18)19)8-15-12(20)13-4-3-7-16-5-1-2-6-16/h1-9H2,(H,14,17)(H,18,19)(H2,13,15,20). The predicted molar refractivity (Wildman–Crippen MR) is 72.3 cm³/mol. The van der Waals surface area contributed by atoms with Gasteiger partial charge < -0.3 is 26.0 Å². The number of carbonyl (C=O) groups is 3. The zero-order valence-corrected chi connectivity index (χ0v) is 11.5. The molecule has 4 N–H and O–H groups in total. The molecule has 0 aliphatic carbocycles. The molecule has 0 aromatic heterocycles. The molecule has 1 aliphatic rings. The molecule has 8 heteroatoms. The van der Waals surface area contributed by atoms with E-state index in [-0.39, 0.29) is 6.54 Å². The normalized spacial score (nSPS) is 14.8. The highest BCUT2D eigenvalue weighted by Crippen LogP contribution is 2.06. The van der Waals surface area contributed by atoms with Crippen LogP contribution < -0.4 is 16.0 Å². The second-order valence-corrected chi connectivity index (χ2v) is 4.68. The summed E-state index contributed by atoms with van der Waals surface area (Å²) in [5.41, 5.74) is 0. The third-order valence-corrected chi connectivity index (χ3v) is 2.98. The first kappa shape index (κ1) is 16.2. The molecular formula is C12H22N4O4.